The maximum atomic E-state index is 6.19. The second kappa shape index (κ2) is 5.66. The van der Waals surface area contributed by atoms with Gasteiger partial charge in [0, 0.05) is 35.6 Å². The summed E-state index contributed by atoms with van der Waals surface area (Å²) in [4.78, 5) is 2.05. The molecule has 1 aliphatic heterocycles. The molecule has 0 unspecified atom stereocenters. The molecular formula is C16H16Cl2N2O. The molecule has 0 aliphatic carbocycles. The minimum Gasteiger partial charge on any atom is -0.493 e. The molecule has 0 bridgehead atoms. The first kappa shape index (κ1) is 14.4. The molecule has 110 valence electrons. The molecular weight excluding hydrogens is 307 g/mol. The number of halogens is 2. The quantitative estimate of drug-likeness (QED) is 0.863. The Kier molecular flexibility index (Phi) is 3.87. The van der Waals surface area contributed by atoms with Crippen LogP contribution in [0.15, 0.2) is 30.3 Å². The number of nitrogen functional groups attached to an aromatic ring is 1. The van der Waals surface area contributed by atoms with Crippen LogP contribution >= 0.6 is 23.2 Å². The van der Waals surface area contributed by atoms with Crippen LogP contribution < -0.4 is 15.4 Å². The third kappa shape index (κ3) is 2.89. The van der Waals surface area contributed by atoms with Crippen LogP contribution in [0.5, 0.6) is 5.75 Å². The Hall–Kier alpha value is -1.58. The minimum atomic E-state index is 0.660. The number of hydrogen-bond donors (Lipinski definition) is 1. The standard InChI is InChI=1S/C16H16Cl2N2O/c1-20(15-8-12(17)2-3-14(15)19)9-11-7-13(18)6-10-4-5-21-16(10)11/h2-3,6-8H,4-5,9,19H2,1H3. The van der Waals surface area contributed by atoms with Gasteiger partial charge in [-0.3, -0.25) is 0 Å². The molecule has 3 rings (SSSR count). The first-order chi connectivity index (χ1) is 10.0. The SMILES string of the molecule is CN(Cc1cc(Cl)cc2c1OCC2)c1cc(Cl)ccc1N. The van der Waals surface area contributed by atoms with Gasteiger partial charge in [-0.25, -0.2) is 0 Å². The summed E-state index contributed by atoms with van der Waals surface area (Å²) in [6.07, 6.45) is 0.909. The fourth-order valence-corrected chi connectivity index (χ4v) is 3.08. The number of anilines is 2. The molecule has 5 heteroatoms. The molecule has 0 radical (unpaired) electrons. The smallest absolute Gasteiger partial charge is 0.127 e. The molecule has 0 saturated heterocycles. The van der Waals surface area contributed by atoms with E-state index in [2.05, 4.69) is 4.90 Å². The van der Waals surface area contributed by atoms with Crippen molar-refractivity contribution in [2.45, 2.75) is 13.0 Å². The topological polar surface area (TPSA) is 38.5 Å². The lowest BCUT2D eigenvalue weighted by molar-refractivity contribution is 0.353. The molecule has 0 fully saturated rings. The van der Waals surface area contributed by atoms with E-state index in [1.807, 2.05) is 31.3 Å². The first-order valence-electron chi connectivity index (χ1n) is 6.75. The zero-order valence-electron chi connectivity index (χ0n) is 11.7. The zero-order valence-corrected chi connectivity index (χ0v) is 13.2. The molecule has 21 heavy (non-hydrogen) atoms. The Morgan fingerprint density at radius 2 is 2.00 bits per heavy atom. The summed E-state index contributed by atoms with van der Waals surface area (Å²) in [6.45, 7) is 1.37. The van der Waals surface area contributed by atoms with Crippen LogP contribution in [0.3, 0.4) is 0 Å². The fraction of sp³-hybridized carbons (Fsp3) is 0.250. The summed E-state index contributed by atoms with van der Waals surface area (Å²) < 4.78 is 5.73. The van der Waals surface area contributed by atoms with Gasteiger partial charge in [0.25, 0.3) is 0 Å². The van der Waals surface area contributed by atoms with Crippen molar-refractivity contribution in [3.05, 3.63) is 51.5 Å². The van der Waals surface area contributed by atoms with E-state index < -0.39 is 0 Å². The highest BCUT2D eigenvalue weighted by Gasteiger charge is 2.19. The van der Waals surface area contributed by atoms with E-state index in [0.717, 1.165) is 28.4 Å². The van der Waals surface area contributed by atoms with Gasteiger partial charge in [0.05, 0.1) is 18.0 Å². The molecule has 1 heterocycles. The molecule has 2 N–H and O–H groups in total. The van der Waals surface area contributed by atoms with Gasteiger partial charge in [0.1, 0.15) is 5.75 Å². The van der Waals surface area contributed by atoms with Gasteiger partial charge in [0.15, 0.2) is 0 Å². The van der Waals surface area contributed by atoms with E-state index in [0.29, 0.717) is 23.9 Å². The van der Waals surface area contributed by atoms with Gasteiger partial charge in [-0.15, -0.1) is 0 Å². The molecule has 2 aromatic carbocycles. The monoisotopic (exact) mass is 322 g/mol. The van der Waals surface area contributed by atoms with Crippen molar-refractivity contribution in [3.8, 4) is 5.75 Å². The third-order valence-corrected chi connectivity index (χ3v) is 4.09. The molecule has 3 nitrogen and oxygen atoms in total. The van der Waals surface area contributed by atoms with Crippen LogP contribution in [-0.4, -0.2) is 13.7 Å². The van der Waals surface area contributed by atoms with Gasteiger partial charge in [-0.2, -0.15) is 0 Å². The van der Waals surface area contributed by atoms with E-state index in [9.17, 15) is 0 Å². The van der Waals surface area contributed by atoms with Crippen molar-refractivity contribution in [1.82, 2.24) is 0 Å². The highest BCUT2D eigenvalue weighted by molar-refractivity contribution is 6.31. The maximum Gasteiger partial charge on any atom is 0.127 e. The highest BCUT2D eigenvalue weighted by Crippen LogP contribution is 2.35. The molecule has 1 aliphatic rings. The second-order valence-electron chi connectivity index (χ2n) is 5.21. The van der Waals surface area contributed by atoms with E-state index in [4.69, 9.17) is 33.7 Å². The normalized spacial score (nSPS) is 12.9. The lowest BCUT2D eigenvalue weighted by Crippen LogP contribution is -2.18. The Bertz CT molecular complexity index is 688. The highest BCUT2D eigenvalue weighted by atomic mass is 35.5. The number of rotatable bonds is 3. The summed E-state index contributed by atoms with van der Waals surface area (Å²) >= 11 is 12.2. The average Bonchev–Trinajstić information content (AvgIpc) is 2.89. The van der Waals surface area contributed by atoms with E-state index in [-0.39, 0.29) is 0 Å². The second-order valence-corrected chi connectivity index (χ2v) is 6.08. The Balaban J connectivity index is 1.92. The number of nitrogens with two attached hydrogens (primary N) is 1. The van der Waals surface area contributed by atoms with Crippen LogP contribution in [0.4, 0.5) is 11.4 Å². The van der Waals surface area contributed by atoms with Gasteiger partial charge in [0.2, 0.25) is 0 Å². The fourth-order valence-electron chi connectivity index (χ4n) is 2.65. The van der Waals surface area contributed by atoms with Crippen molar-refractivity contribution in [3.63, 3.8) is 0 Å². The maximum absolute atomic E-state index is 6.19. The Labute approximate surface area is 134 Å². The van der Waals surface area contributed by atoms with Crippen molar-refractivity contribution in [2.75, 3.05) is 24.3 Å². The van der Waals surface area contributed by atoms with Crippen molar-refractivity contribution in [1.29, 1.82) is 0 Å². The van der Waals surface area contributed by atoms with Gasteiger partial charge in [-0.05, 0) is 35.9 Å². The number of benzene rings is 2. The molecule has 0 atom stereocenters. The first-order valence-corrected chi connectivity index (χ1v) is 7.50. The molecule has 0 spiro atoms. The van der Waals surface area contributed by atoms with E-state index >= 15 is 0 Å². The van der Waals surface area contributed by atoms with Crippen LogP contribution in [0.25, 0.3) is 0 Å². The van der Waals surface area contributed by atoms with Crippen LogP contribution in [-0.2, 0) is 13.0 Å². The van der Waals surface area contributed by atoms with E-state index in [1.54, 1.807) is 6.07 Å². The average molecular weight is 323 g/mol. The van der Waals surface area contributed by atoms with Crippen LogP contribution in [0.1, 0.15) is 11.1 Å². The van der Waals surface area contributed by atoms with Crippen molar-refractivity contribution >= 4 is 34.6 Å². The minimum absolute atomic E-state index is 0.660. The molecule has 0 amide bonds. The van der Waals surface area contributed by atoms with Gasteiger partial charge in [-0.1, -0.05) is 23.2 Å². The molecule has 2 aromatic rings. The van der Waals surface area contributed by atoms with Crippen molar-refractivity contribution < 1.29 is 4.74 Å². The van der Waals surface area contributed by atoms with Gasteiger partial charge >= 0.3 is 0 Å². The Morgan fingerprint density at radius 3 is 2.81 bits per heavy atom. The van der Waals surface area contributed by atoms with Gasteiger partial charge < -0.3 is 15.4 Å². The summed E-state index contributed by atoms with van der Waals surface area (Å²) in [5.74, 6) is 0.951. The predicted octanol–water partition coefficient (Wildman–Crippen LogP) is 4.15. The lowest BCUT2D eigenvalue weighted by atomic mass is 10.1. The lowest BCUT2D eigenvalue weighted by Gasteiger charge is -2.22. The molecule has 0 aromatic heterocycles. The number of nitrogens with zero attached hydrogens (tertiary/aromatic N) is 1. The van der Waals surface area contributed by atoms with Crippen LogP contribution in [0, 0.1) is 0 Å². The zero-order chi connectivity index (χ0) is 15.0. The van der Waals surface area contributed by atoms with Crippen LogP contribution in [0.2, 0.25) is 10.0 Å². The summed E-state index contributed by atoms with van der Waals surface area (Å²) in [5, 5.41) is 1.40. The largest absolute Gasteiger partial charge is 0.493 e. The van der Waals surface area contributed by atoms with Crippen molar-refractivity contribution in [2.24, 2.45) is 0 Å². The number of fused-ring (bicyclic) bond motifs is 1. The summed E-state index contributed by atoms with van der Waals surface area (Å²) in [6, 6.07) is 9.38. The summed E-state index contributed by atoms with van der Waals surface area (Å²) in [5.41, 5.74) is 9.86. The summed E-state index contributed by atoms with van der Waals surface area (Å²) in [7, 11) is 1.98. The Morgan fingerprint density at radius 1 is 1.19 bits per heavy atom. The van der Waals surface area contributed by atoms with E-state index in [1.165, 1.54) is 5.56 Å². The number of hydrogen-bond acceptors (Lipinski definition) is 3. The number of ether oxygens (including phenoxy) is 1. The predicted molar refractivity (Wildman–Crippen MR) is 88.6 cm³/mol. The molecule has 0 saturated carbocycles. The third-order valence-electron chi connectivity index (χ3n) is 3.64.